The number of ether oxygens (including phenoxy) is 3. The number of halogens is 2. The van der Waals surface area contributed by atoms with Crippen LogP contribution >= 0.6 is 22.9 Å². The SMILES string of the molecule is Cc1nc(CN2CCC(c3cccc4c3O[C@@](C)(c3ccc(Cl)cc3F)O4)CC2)n(C[C@@H]2CCO2)c1-c1cscn1. The molecule has 0 radical (unpaired) electrons. The molecule has 5 heterocycles. The average Bonchev–Trinajstić information content (AvgIpc) is 3.64. The Morgan fingerprint density at radius 1 is 1.15 bits per heavy atom. The number of fused-ring (bicyclic) bond motifs is 1. The highest BCUT2D eigenvalue weighted by Crippen LogP contribution is 2.50. The van der Waals surface area contributed by atoms with Crippen LogP contribution in [0, 0.1) is 12.7 Å². The number of nitrogens with zero attached hydrogens (tertiary/aromatic N) is 4. The molecule has 0 aliphatic carbocycles. The van der Waals surface area contributed by atoms with Crippen molar-refractivity contribution < 1.29 is 18.6 Å². The topological polar surface area (TPSA) is 61.6 Å². The van der Waals surface area contributed by atoms with Crippen molar-refractivity contribution in [2.24, 2.45) is 0 Å². The molecule has 2 aromatic carbocycles. The van der Waals surface area contributed by atoms with Crippen LogP contribution in [0.4, 0.5) is 4.39 Å². The van der Waals surface area contributed by atoms with Gasteiger partial charge in [0.15, 0.2) is 11.5 Å². The molecule has 214 valence electrons. The molecule has 41 heavy (non-hydrogen) atoms. The lowest BCUT2D eigenvalue weighted by atomic mass is 9.88. The van der Waals surface area contributed by atoms with Crippen molar-refractivity contribution in [3.63, 3.8) is 0 Å². The molecule has 0 unspecified atom stereocenters. The summed E-state index contributed by atoms with van der Waals surface area (Å²) in [5, 5.41) is 2.43. The van der Waals surface area contributed by atoms with E-state index in [1.54, 1.807) is 30.4 Å². The smallest absolute Gasteiger partial charge is 0.278 e. The minimum Gasteiger partial charge on any atom is -0.444 e. The molecule has 2 atom stereocenters. The zero-order chi connectivity index (χ0) is 28.1. The van der Waals surface area contributed by atoms with Crippen molar-refractivity contribution in [1.82, 2.24) is 19.4 Å². The molecule has 0 bridgehead atoms. The molecule has 3 aliphatic rings. The summed E-state index contributed by atoms with van der Waals surface area (Å²) in [6.07, 6.45) is 3.28. The first-order valence-corrected chi connectivity index (χ1v) is 15.4. The number of likely N-dealkylation sites (tertiary alicyclic amines) is 1. The van der Waals surface area contributed by atoms with Crippen molar-refractivity contribution in [2.45, 2.75) is 64.0 Å². The van der Waals surface area contributed by atoms with E-state index in [9.17, 15) is 4.39 Å². The molecule has 3 aliphatic heterocycles. The van der Waals surface area contributed by atoms with Crippen molar-refractivity contribution in [2.75, 3.05) is 19.7 Å². The van der Waals surface area contributed by atoms with Gasteiger partial charge in [0.1, 0.15) is 11.6 Å². The Hall–Kier alpha value is -2.98. The van der Waals surface area contributed by atoms with E-state index in [4.69, 9.17) is 30.8 Å². The van der Waals surface area contributed by atoms with Gasteiger partial charge in [0.2, 0.25) is 0 Å². The van der Waals surface area contributed by atoms with Crippen LogP contribution in [0.2, 0.25) is 5.02 Å². The highest BCUT2D eigenvalue weighted by Gasteiger charge is 2.43. The minimum atomic E-state index is -1.25. The molecule has 2 saturated heterocycles. The lowest BCUT2D eigenvalue weighted by Gasteiger charge is -2.33. The second kappa shape index (κ2) is 10.7. The molecular formula is C31H32ClFN4O3S. The first-order valence-electron chi connectivity index (χ1n) is 14.1. The van der Waals surface area contributed by atoms with Gasteiger partial charge in [-0.15, -0.1) is 11.3 Å². The van der Waals surface area contributed by atoms with E-state index in [2.05, 4.69) is 32.8 Å². The number of para-hydroxylation sites is 1. The molecule has 2 fully saturated rings. The summed E-state index contributed by atoms with van der Waals surface area (Å²) in [6.45, 7) is 8.13. The fourth-order valence-electron chi connectivity index (χ4n) is 6.27. The van der Waals surface area contributed by atoms with Gasteiger partial charge < -0.3 is 18.8 Å². The van der Waals surface area contributed by atoms with Crippen LogP contribution in [-0.2, 0) is 23.6 Å². The number of hydrogen-bond acceptors (Lipinski definition) is 7. The summed E-state index contributed by atoms with van der Waals surface area (Å²) in [5.74, 6) is 1.05. The Morgan fingerprint density at radius 3 is 2.68 bits per heavy atom. The van der Waals surface area contributed by atoms with Gasteiger partial charge in [-0.3, -0.25) is 4.90 Å². The van der Waals surface area contributed by atoms with Crippen molar-refractivity contribution in [1.29, 1.82) is 0 Å². The van der Waals surface area contributed by atoms with Gasteiger partial charge in [0.05, 0.1) is 47.3 Å². The van der Waals surface area contributed by atoms with E-state index in [-0.39, 0.29) is 6.10 Å². The lowest BCUT2D eigenvalue weighted by Crippen LogP contribution is -2.35. The molecule has 0 saturated carbocycles. The van der Waals surface area contributed by atoms with Crippen LogP contribution in [0.25, 0.3) is 11.4 Å². The van der Waals surface area contributed by atoms with Gasteiger partial charge in [-0.05, 0) is 69.5 Å². The van der Waals surface area contributed by atoms with Crippen LogP contribution in [-0.4, -0.2) is 45.2 Å². The van der Waals surface area contributed by atoms with Crippen LogP contribution < -0.4 is 9.47 Å². The van der Waals surface area contributed by atoms with Crippen molar-refractivity contribution >= 4 is 22.9 Å². The van der Waals surface area contributed by atoms with Crippen molar-refractivity contribution in [3.8, 4) is 22.9 Å². The summed E-state index contributed by atoms with van der Waals surface area (Å²) >= 11 is 7.59. The Labute approximate surface area is 247 Å². The molecule has 2 aromatic heterocycles. The third-order valence-corrected chi connectivity index (χ3v) is 9.32. The predicted octanol–water partition coefficient (Wildman–Crippen LogP) is 6.92. The number of hydrogen-bond donors (Lipinski definition) is 0. The molecule has 4 aromatic rings. The average molecular weight is 595 g/mol. The number of rotatable bonds is 7. The van der Waals surface area contributed by atoms with E-state index >= 15 is 0 Å². The Bertz CT molecular complexity index is 1570. The summed E-state index contributed by atoms with van der Waals surface area (Å²) < 4.78 is 35.5. The molecule has 0 amide bonds. The van der Waals surface area contributed by atoms with E-state index < -0.39 is 11.6 Å². The molecule has 0 spiro atoms. The third-order valence-electron chi connectivity index (χ3n) is 8.50. The maximum Gasteiger partial charge on any atom is 0.278 e. The largest absolute Gasteiger partial charge is 0.444 e. The summed E-state index contributed by atoms with van der Waals surface area (Å²) in [7, 11) is 0. The van der Waals surface area contributed by atoms with Crippen molar-refractivity contribution in [3.05, 3.63) is 80.8 Å². The maximum absolute atomic E-state index is 14.8. The minimum absolute atomic E-state index is 0.236. The summed E-state index contributed by atoms with van der Waals surface area (Å²) in [5.41, 5.74) is 6.41. The van der Waals surface area contributed by atoms with E-state index in [1.807, 2.05) is 17.6 Å². The number of benzene rings is 2. The molecule has 7 rings (SSSR count). The monoisotopic (exact) mass is 594 g/mol. The zero-order valence-corrected chi connectivity index (χ0v) is 24.7. The van der Waals surface area contributed by atoms with Crippen LogP contribution in [0.15, 0.2) is 47.3 Å². The van der Waals surface area contributed by atoms with Gasteiger partial charge in [-0.1, -0.05) is 23.7 Å². The van der Waals surface area contributed by atoms with Gasteiger partial charge in [0.25, 0.3) is 5.79 Å². The summed E-state index contributed by atoms with van der Waals surface area (Å²) in [6, 6.07) is 10.6. The second-order valence-electron chi connectivity index (χ2n) is 11.2. The second-order valence-corrected chi connectivity index (χ2v) is 12.4. The van der Waals surface area contributed by atoms with Crippen LogP contribution in [0.5, 0.6) is 11.5 Å². The first-order chi connectivity index (χ1) is 19.9. The van der Waals surface area contributed by atoms with Crippen LogP contribution in [0.1, 0.15) is 54.7 Å². The van der Waals surface area contributed by atoms with Gasteiger partial charge in [-0.25, -0.2) is 14.4 Å². The number of aryl methyl sites for hydroxylation is 1. The molecular weight excluding hydrogens is 563 g/mol. The molecule has 10 heteroatoms. The molecule has 7 nitrogen and oxygen atoms in total. The number of aromatic nitrogens is 3. The maximum atomic E-state index is 14.8. The van der Waals surface area contributed by atoms with Gasteiger partial charge >= 0.3 is 0 Å². The number of imidazole rings is 1. The van der Waals surface area contributed by atoms with E-state index in [1.165, 1.54) is 6.07 Å². The van der Waals surface area contributed by atoms with E-state index in [0.29, 0.717) is 28.0 Å². The predicted molar refractivity (Wildman–Crippen MR) is 156 cm³/mol. The van der Waals surface area contributed by atoms with Crippen LogP contribution in [0.3, 0.4) is 0 Å². The Kier molecular flexibility index (Phi) is 7.01. The standard InChI is InChI=1S/C31H32ClFN4O3S/c1-19-29(26-17-41-18-34-26)37(15-22-10-13-38-22)28(35-19)16-36-11-8-20(9-12-36)23-4-3-5-27-30(23)40-31(2,39-27)24-7-6-21(32)14-25(24)33/h3-7,14,17-18,20,22H,8-13,15-16H2,1-2H3/t22-,31-/m0/s1. The normalized spacial score (nSPS) is 22.7. The summed E-state index contributed by atoms with van der Waals surface area (Å²) in [4.78, 5) is 12.1. The lowest BCUT2D eigenvalue weighted by molar-refractivity contribution is -0.0712. The van der Waals surface area contributed by atoms with E-state index in [0.717, 1.165) is 80.5 Å². The highest BCUT2D eigenvalue weighted by molar-refractivity contribution is 7.07. The Balaban J connectivity index is 1.07. The zero-order valence-electron chi connectivity index (χ0n) is 23.1. The quantitative estimate of drug-likeness (QED) is 0.231. The Morgan fingerprint density at radius 2 is 1.98 bits per heavy atom. The number of piperidine rings is 1. The highest BCUT2D eigenvalue weighted by atomic mass is 35.5. The molecule has 0 N–H and O–H groups in total. The van der Waals surface area contributed by atoms with Gasteiger partial charge in [-0.2, -0.15) is 0 Å². The fourth-order valence-corrected chi connectivity index (χ4v) is 6.97. The fraction of sp³-hybridized carbons (Fsp3) is 0.419. The first kappa shape index (κ1) is 26.9. The number of thiazole rings is 1. The third kappa shape index (κ3) is 5.03. The van der Waals surface area contributed by atoms with Gasteiger partial charge in [0, 0.05) is 29.5 Å².